The van der Waals surface area contributed by atoms with Crippen LogP contribution in [0.1, 0.15) is 26.7 Å². The lowest BCUT2D eigenvalue weighted by atomic mass is 9.99. The van der Waals surface area contributed by atoms with E-state index in [0.29, 0.717) is 5.92 Å². The normalized spacial score (nSPS) is 24.9. The van der Waals surface area contributed by atoms with Crippen molar-refractivity contribution >= 4 is 17.7 Å². The van der Waals surface area contributed by atoms with Crippen LogP contribution in [0, 0.1) is 11.8 Å². The van der Waals surface area contributed by atoms with Crippen molar-refractivity contribution in [3.8, 4) is 0 Å². The van der Waals surface area contributed by atoms with Crippen molar-refractivity contribution in [2.24, 2.45) is 17.6 Å². The lowest BCUT2D eigenvalue weighted by Gasteiger charge is -2.19. The summed E-state index contributed by atoms with van der Waals surface area (Å²) < 4.78 is 0. The number of nitrogens with two attached hydrogens (primary N) is 1. The van der Waals surface area contributed by atoms with E-state index >= 15 is 0 Å². The molecule has 1 aliphatic heterocycles. The van der Waals surface area contributed by atoms with E-state index in [4.69, 9.17) is 5.73 Å². The van der Waals surface area contributed by atoms with Gasteiger partial charge in [-0.2, -0.15) is 11.8 Å². The molecule has 0 radical (unpaired) electrons. The molecule has 0 spiro atoms. The van der Waals surface area contributed by atoms with Gasteiger partial charge in [-0.3, -0.25) is 4.79 Å². The minimum Gasteiger partial charge on any atom is -0.354 e. The zero-order valence-corrected chi connectivity index (χ0v) is 10.5. The summed E-state index contributed by atoms with van der Waals surface area (Å²) in [5.74, 6) is 3.35. The predicted octanol–water partition coefficient (Wildman–Crippen LogP) is 1.23. The maximum absolute atomic E-state index is 11.7. The first-order valence-electron chi connectivity index (χ1n) is 5.76. The molecule has 3 nitrogen and oxygen atoms in total. The molecule has 1 heterocycles. The highest BCUT2D eigenvalue weighted by atomic mass is 32.2. The van der Waals surface area contributed by atoms with E-state index in [1.54, 1.807) is 0 Å². The second kappa shape index (κ2) is 6.38. The predicted molar refractivity (Wildman–Crippen MR) is 65.9 cm³/mol. The summed E-state index contributed by atoms with van der Waals surface area (Å²) in [6.45, 7) is 4.89. The second-order valence-corrected chi connectivity index (χ2v) is 5.54. The molecular weight excluding hydrogens is 208 g/mol. The van der Waals surface area contributed by atoms with Crippen LogP contribution < -0.4 is 11.1 Å². The first-order chi connectivity index (χ1) is 7.15. The molecular formula is C11H22N2OS. The molecule has 0 aromatic carbocycles. The van der Waals surface area contributed by atoms with Gasteiger partial charge in [0.1, 0.15) is 0 Å². The molecule has 1 aliphatic rings. The Kier molecular flexibility index (Phi) is 5.47. The Morgan fingerprint density at radius 2 is 2.40 bits per heavy atom. The molecule has 0 aromatic heterocycles. The van der Waals surface area contributed by atoms with E-state index in [9.17, 15) is 4.79 Å². The van der Waals surface area contributed by atoms with Gasteiger partial charge in [0.2, 0.25) is 5.91 Å². The first-order valence-corrected chi connectivity index (χ1v) is 6.91. The standard InChI is InChI=1S/C11H22N2OS/c1-3-8(2)10(12)11(14)13-6-9-4-5-15-7-9/h8-10H,3-7,12H2,1-2H3,(H,13,14). The summed E-state index contributed by atoms with van der Waals surface area (Å²) in [7, 11) is 0. The van der Waals surface area contributed by atoms with E-state index in [0.717, 1.165) is 13.0 Å². The van der Waals surface area contributed by atoms with Crippen LogP contribution >= 0.6 is 11.8 Å². The Labute approximate surface area is 96.6 Å². The van der Waals surface area contributed by atoms with Crippen LogP contribution in [0.5, 0.6) is 0 Å². The Morgan fingerprint density at radius 3 is 2.93 bits per heavy atom. The second-order valence-electron chi connectivity index (χ2n) is 4.39. The van der Waals surface area contributed by atoms with Crippen LogP contribution in [0.15, 0.2) is 0 Å². The third kappa shape index (κ3) is 4.03. The zero-order chi connectivity index (χ0) is 11.3. The molecule has 0 aliphatic carbocycles. The fourth-order valence-corrected chi connectivity index (χ4v) is 2.90. The average Bonchev–Trinajstić information content (AvgIpc) is 2.76. The Balaban J connectivity index is 2.22. The van der Waals surface area contributed by atoms with Gasteiger partial charge in [0.15, 0.2) is 0 Å². The van der Waals surface area contributed by atoms with E-state index in [2.05, 4.69) is 12.2 Å². The van der Waals surface area contributed by atoms with Gasteiger partial charge >= 0.3 is 0 Å². The third-order valence-electron chi connectivity index (χ3n) is 3.15. The maximum Gasteiger partial charge on any atom is 0.237 e. The zero-order valence-electron chi connectivity index (χ0n) is 9.66. The summed E-state index contributed by atoms with van der Waals surface area (Å²) in [5, 5.41) is 2.96. The van der Waals surface area contributed by atoms with Crippen LogP contribution in [0.25, 0.3) is 0 Å². The number of thioether (sulfide) groups is 1. The average molecular weight is 230 g/mol. The van der Waals surface area contributed by atoms with Gasteiger partial charge in [-0.15, -0.1) is 0 Å². The van der Waals surface area contributed by atoms with Crippen molar-refractivity contribution in [1.29, 1.82) is 0 Å². The largest absolute Gasteiger partial charge is 0.354 e. The third-order valence-corrected chi connectivity index (χ3v) is 4.38. The highest BCUT2D eigenvalue weighted by molar-refractivity contribution is 7.99. The van der Waals surface area contributed by atoms with E-state index in [-0.39, 0.29) is 17.9 Å². The lowest BCUT2D eigenvalue weighted by Crippen LogP contribution is -2.45. The fraction of sp³-hybridized carbons (Fsp3) is 0.909. The molecule has 1 fully saturated rings. The van der Waals surface area contributed by atoms with Gasteiger partial charge in [-0.25, -0.2) is 0 Å². The molecule has 3 atom stereocenters. The molecule has 1 saturated heterocycles. The molecule has 88 valence electrons. The van der Waals surface area contributed by atoms with Crippen molar-refractivity contribution in [3.63, 3.8) is 0 Å². The topological polar surface area (TPSA) is 55.1 Å². The number of hydrogen-bond donors (Lipinski definition) is 2. The van der Waals surface area contributed by atoms with Crippen LogP contribution in [0.3, 0.4) is 0 Å². The Morgan fingerprint density at radius 1 is 1.67 bits per heavy atom. The van der Waals surface area contributed by atoms with Gasteiger partial charge in [0.25, 0.3) is 0 Å². The molecule has 4 heteroatoms. The minimum atomic E-state index is -0.343. The number of carbonyl (C=O) groups excluding carboxylic acids is 1. The summed E-state index contributed by atoms with van der Waals surface area (Å²) in [6.07, 6.45) is 2.18. The monoisotopic (exact) mass is 230 g/mol. The molecule has 3 N–H and O–H groups in total. The lowest BCUT2D eigenvalue weighted by molar-refractivity contribution is -0.123. The number of carbonyl (C=O) groups is 1. The van der Waals surface area contributed by atoms with Gasteiger partial charge in [0, 0.05) is 6.54 Å². The van der Waals surface area contributed by atoms with E-state index in [1.807, 2.05) is 18.7 Å². The van der Waals surface area contributed by atoms with E-state index in [1.165, 1.54) is 17.9 Å². The van der Waals surface area contributed by atoms with Crippen molar-refractivity contribution in [1.82, 2.24) is 5.32 Å². The molecule has 15 heavy (non-hydrogen) atoms. The number of nitrogens with one attached hydrogen (secondary N) is 1. The highest BCUT2D eigenvalue weighted by Gasteiger charge is 2.21. The van der Waals surface area contributed by atoms with Crippen molar-refractivity contribution in [2.75, 3.05) is 18.1 Å². The SMILES string of the molecule is CCC(C)C(N)C(=O)NCC1CCSC1. The van der Waals surface area contributed by atoms with Crippen molar-refractivity contribution in [2.45, 2.75) is 32.7 Å². The Bertz CT molecular complexity index is 205. The van der Waals surface area contributed by atoms with Crippen LogP contribution in [0.4, 0.5) is 0 Å². The fourth-order valence-electron chi connectivity index (χ4n) is 1.62. The van der Waals surface area contributed by atoms with E-state index < -0.39 is 0 Å². The maximum atomic E-state index is 11.7. The smallest absolute Gasteiger partial charge is 0.237 e. The highest BCUT2D eigenvalue weighted by Crippen LogP contribution is 2.22. The molecule has 0 aromatic rings. The molecule has 3 unspecified atom stereocenters. The molecule has 0 bridgehead atoms. The van der Waals surface area contributed by atoms with Crippen LogP contribution in [-0.4, -0.2) is 30.0 Å². The molecule has 1 amide bonds. The summed E-state index contributed by atoms with van der Waals surface area (Å²) in [5.41, 5.74) is 5.84. The summed E-state index contributed by atoms with van der Waals surface area (Å²) in [4.78, 5) is 11.7. The molecule has 1 rings (SSSR count). The quantitative estimate of drug-likeness (QED) is 0.747. The van der Waals surface area contributed by atoms with Gasteiger partial charge in [-0.1, -0.05) is 20.3 Å². The van der Waals surface area contributed by atoms with Gasteiger partial charge in [-0.05, 0) is 29.8 Å². The number of hydrogen-bond acceptors (Lipinski definition) is 3. The Hall–Kier alpha value is -0.220. The van der Waals surface area contributed by atoms with Gasteiger partial charge < -0.3 is 11.1 Å². The van der Waals surface area contributed by atoms with Crippen LogP contribution in [-0.2, 0) is 4.79 Å². The van der Waals surface area contributed by atoms with Crippen molar-refractivity contribution in [3.05, 3.63) is 0 Å². The minimum absolute atomic E-state index is 0.0150. The number of amides is 1. The molecule has 0 saturated carbocycles. The first kappa shape index (κ1) is 12.8. The van der Waals surface area contributed by atoms with Crippen molar-refractivity contribution < 1.29 is 4.79 Å². The van der Waals surface area contributed by atoms with Crippen LogP contribution in [0.2, 0.25) is 0 Å². The van der Waals surface area contributed by atoms with Gasteiger partial charge in [0.05, 0.1) is 6.04 Å². The summed E-state index contributed by atoms with van der Waals surface area (Å²) >= 11 is 1.97. The number of rotatable bonds is 5. The summed E-state index contributed by atoms with van der Waals surface area (Å²) in [6, 6.07) is -0.343.